The molecule has 1 aromatic carbocycles. The van der Waals surface area contributed by atoms with Crippen LogP contribution in [0.15, 0.2) is 18.2 Å². The third-order valence-corrected chi connectivity index (χ3v) is 2.06. The molecule has 0 saturated carbocycles. The Morgan fingerprint density at radius 3 is 2.29 bits per heavy atom. The summed E-state index contributed by atoms with van der Waals surface area (Å²) in [5, 5.41) is 0.0715. The van der Waals surface area contributed by atoms with E-state index in [1.807, 2.05) is 0 Å². The number of benzene rings is 1. The van der Waals surface area contributed by atoms with E-state index < -0.39 is 12.2 Å². The minimum atomic E-state index is -4.47. The van der Waals surface area contributed by atoms with Crippen molar-refractivity contribution in [1.29, 1.82) is 0 Å². The lowest BCUT2D eigenvalue weighted by Crippen LogP contribution is -2.28. The number of hydrogen-bond acceptors (Lipinski definition) is 2. The summed E-state index contributed by atoms with van der Waals surface area (Å²) >= 11 is 5.56. The van der Waals surface area contributed by atoms with Gasteiger partial charge in [0.2, 0.25) is 0 Å². The van der Waals surface area contributed by atoms with Crippen molar-refractivity contribution in [2.45, 2.75) is 12.2 Å². The third-order valence-electron chi connectivity index (χ3n) is 1.74. The van der Waals surface area contributed by atoms with Gasteiger partial charge in [-0.25, -0.2) is 0 Å². The zero-order valence-corrected chi connectivity index (χ0v) is 7.73. The fourth-order valence-corrected chi connectivity index (χ4v) is 1.11. The maximum absolute atomic E-state index is 12.2. The Kier molecular flexibility index (Phi) is 2.92. The van der Waals surface area contributed by atoms with E-state index in [1.165, 1.54) is 12.1 Å². The average Bonchev–Trinajstić information content (AvgIpc) is 2.07. The Hall–Kier alpha value is -0.940. The highest BCUT2D eigenvalue weighted by Gasteiger charge is 2.37. The molecular weight excluding hydrogens is 217 g/mol. The normalized spacial score (nSPS) is 14.1. The van der Waals surface area contributed by atoms with Crippen LogP contribution in [-0.4, -0.2) is 6.18 Å². The van der Waals surface area contributed by atoms with Crippen molar-refractivity contribution in [2.24, 2.45) is 5.73 Å². The molecule has 1 aromatic rings. The minimum Gasteiger partial charge on any atom is -0.398 e. The Morgan fingerprint density at radius 1 is 1.29 bits per heavy atom. The number of halogens is 4. The van der Waals surface area contributed by atoms with Gasteiger partial charge in [0, 0.05) is 0 Å². The number of hydrogen-bond donors (Lipinski definition) is 2. The summed E-state index contributed by atoms with van der Waals surface area (Å²) in [5.74, 6) is 0. The van der Waals surface area contributed by atoms with Crippen LogP contribution in [0.4, 0.5) is 18.9 Å². The van der Waals surface area contributed by atoms with Crippen LogP contribution in [0.5, 0.6) is 0 Å². The monoisotopic (exact) mass is 224 g/mol. The summed E-state index contributed by atoms with van der Waals surface area (Å²) in [5.41, 5.74) is 10.4. The molecule has 4 N–H and O–H groups in total. The van der Waals surface area contributed by atoms with Gasteiger partial charge in [-0.3, -0.25) is 0 Å². The van der Waals surface area contributed by atoms with Crippen LogP contribution in [0.1, 0.15) is 11.6 Å². The van der Waals surface area contributed by atoms with E-state index in [4.69, 9.17) is 23.1 Å². The van der Waals surface area contributed by atoms with Crippen LogP contribution < -0.4 is 11.5 Å². The van der Waals surface area contributed by atoms with E-state index in [9.17, 15) is 13.2 Å². The largest absolute Gasteiger partial charge is 0.407 e. The van der Waals surface area contributed by atoms with Gasteiger partial charge in [0.05, 0.1) is 10.7 Å². The van der Waals surface area contributed by atoms with Crippen molar-refractivity contribution in [3.8, 4) is 0 Å². The van der Waals surface area contributed by atoms with Gasteiger partial charge in [-0.05, 0) is 17.7 Å². The molecule has 14 heavy (non-hydrogen) atoms. The summed E-state index contributed by atoms with van der Waals surface area (Å²) in [4.78, 5) is 0. The van der Waals surface area contributed by atoms with E-state index in [2.05, 4.69) is 0 Å². The molecule has 0 amide bonds. The summed E-state index contributed by atoms with van der Waals surface area (Å²) in [6.45, 7) is 0. The average molecular weight is 225 g/mol. The van der Waals surface area contributed by atoms with Crippen LogP contribution in [-0.2, 0) is 0 Å². The van der Waals surface area contributed by atoms with Gasteiger partial charge in [0.1, 0.15) is 6.04 Å². The number of nitrogen functional groups attached to an aromatic ring is 1. The smallest absolute Gasteiger partial charge is 0.398 e. The predicted molar refractivity (Wildman–Crippen MR) is 48.8 cm³/mol. The molecule has 1 atom stereocenters. The van der Waals surface area contributed by atoms with Gasteiger partial charge < -0.3 is 11.5 Å². The van der Waals surface area contributed by atoms with Crippen molar-refractivity contribution in [3.05, 3.63) is 28.8 Å². The molecule has 0 aliphatic heterocycles. The Morgan fingerprint density at radius 2 is 1.86 bits per heavy atom. The van der Waals surface area contributed by atoms with Crippen LogP contribution in [0.25, 0.3) is 0 Å². The summed E-state index contributed by atoms with van der Waals surface area (Å²) in [6, 6.07) is 1.60. The second-order valence-corrected chi connectivity index (χ2v) is 3.21. The van der Waals surface area contributed by atoms with Crippen molar-refractivity contribution >= 4 is 17.3 Å². The van der Waals surface area contributed by atoms with E-state index in [-0.39, 0.29) is 16.3 Å². The molecule has 0 heterocycles. The number of rotatable bonds is 1. The second-order valence-electron chi connectivity index (χ2n) is 2.80. The highest BCUT2D eigenvalue weighted by atomic mass is 35.5. The van der Waals surface area contributed by atoms with Gasteiger partial charge in [0.15, 0.2) is 0 Å². The molecule has 0 aliphatic rings. The van der Waals surface area contributed by atoms with Gasteiger partial charge in [0.25, 0.3) is 0 Å². The molecule has 6 heteroatoms. The van der Waals surface area contributed by atoms with E-state index in [1.54, 1.807) is 0 Å². The molecule has 0 aromatic heterocycles. The van der Waals surface area contributed by atoms with Gasteiger partial charge in [-0.1, -0.05) is 17.7 Å². The predicted octanol–water partition coefficient (Wildman–Crippen LogP) is 2.48. The number of anilines is 1. The molecular formula is C8H8ClF3N2. The second kappa shape index (κ2) is 3.67. The van der Waals surface area contributed by atoms with Crippen molar-refractivity contribution in [1.82, 2.24) is 0 Å². The topological polar surface area (TPSA) is 52.0 Å². The van der Waals surface area contributed by atoms with Crippen LogP contribution in [0, 0.1) is 0 Å². The molecule has 2 nitrogen and oxygen atoms in total. The summed E-state index contributed by atoms with van der Waals surface area (Å²) in [6.07, 6.45) is -4.47. The van der Waals surface area contributed by atoms with Crippen LogP contribution in [0.3, 0.4) is 0 Å². The highest BCUT2D eigenvalue weighted by molar-refractivity contribution is 6.33. The first-order valence-corrected chi connectivity index (χ1v) is 4.07. The first-order chi connectivity index (χ1) is 6.32. The quantitative estimate of drug-likeness (QED) is 0.720. The van der Waals surface area contributed by atoms with Crippen LogP contribution >= 0.6 is 11.6 Å². The highest BCUT2D eigenvalue weighted by Crippen LogP contribution is 2.32. The summed E-state index contributed by atoms with van der Waals surface area (Å²) in [7, 11) is 0. The molecule has 0 fully saturated rings. The first-order valence-electron chi connectivity index (χ1n) is 3.69. The number of alkyl halides is 3. The lowest BCUT2D eigenvalue weighted by atomic mass is 10.1. The molecule has 78 valence electrons. The molecule has 1 unspecified atom stereocenters. The van der Waals surface area contributed by atoms with Crippen molar-refractivity contribution in [2.75, 3.05) is 5.73 Å². The lowest BCUT2D eigenvalue weighted by molar-refractivity contribution is -0.149. The van der Waals surface area contributed by atoms with Crippen molar-refractivity contribution < 1.29 is 13.2 Å². The van der Waals surface area contributed by atoms with E-state index in [0.29, 0.717) is 0 Å². The van der Waals surface area contributed by atoms with Gasteiger partial charge in [-0.2, -0.15) is 13.2 Å². The van der Waals surface area contributed by atoms with E-state index in [0.717, 1.165) is 6.07 Å². The fraction of sp³-hybridized carbons (Fsp3) is 0.250. The Bertz CT molecular complexity index is 338. The maximum atomic E-state index is 12.2. The molecule has 0 radical (unpaired) electrons. The third kappa shape index (κ3) is 2.30. The number of nitrogens with two attached hydrogens (primary N) is 2. The van der Waals surface area contributed by atoms with Gasteiger partial charge >= 0.3 is 6.18 Å². The fourth-order valence-electron chi connectivity index (χ4n) is 0.926. The SMILES string of the molecule is Nc1ccc(C(N)C(F)(F)F)cc1Cl. The molecule has 1 rings (SSSR count). The molecule has 0 aliphatic carbocycles. The first kappa shape index (κ1) is 11.1. The van der Waals surface area contributed by atoms with E-state index >= 15 is 0 Å². The standard InChI is InChI=1S/C8H8ClF3N2/c9-5-3-4(1-2-6(5)13)7(14)8(10,11)12/h1-3,7H,13-14H2. The minimum absolute atomic E-state index is 0.0715. The Labute approximate surface area is 83.6 Å². The Balaban J connectivity index is 3.03. The summed E-state index contributed by atoms with van der Waals surface area (Å²) < 4.78 is 36.5. The zero-order valence-electron chi connectivity index (χ0n) is 6.98. The zero-order chi connectivity index (χ0) is 10.9. The molecule has 0 spiro atoms. The van der Waals surface area contributed by atoms with Gasteiger partial charge in [-0.15, -0.1) is 0 Å². The van der Waals surface area contributed by atoms with Crippen molar-refractivity contribution in [3.63, 3.8) is 0 Å². The maximum Gasteiger partial charge on any atom is 0.407 e. The molecule has 0 bridgehead atoms. The molecule has 0 saturated heterocycles. The van der Waals surface area contributed by atoms with Crippen LogP contribution in [0.2, 0.25) is 5.02 Å². The lowest BCUT2D eigenvalue weighted by Gasteiger charge is -2.16.